The molecule has 8 bridgehead atoms. The minimum absolute atomic E-state index is 0.0817. The fourth-order valence-corrected chi connectivity index (χ4v) is 12.7. The van der Waals surface area contributed by atoms with Gasteiger partial charge in [0.2, 0.25) is 5.75 Å². The van der Waals surface area contributed by atoms with Crippen LogP contribution in [0, 0.1) is 53.0 Å². The molecule has 0 heterocycles. The SMILES string of the molecule is Nc1ccc(F)cc1Oc1c(C23CC4CC(CC(C4)C2)C3)cc(C23CC4CC(CC(C4)C2)C3)c(Oc2cc(F)ccc2N)c1Oc1cc(F)ccc1N. The summed E-state index contributed by atoms with van der Waals surface area (Å²) in [6, 6.07) is 14.4. The third kappa shape index (κ3) is 5.59. The first-order valence-electron chi connectivity index (χ1n) is 19.4. The van der Waals surface area contributed by atoms with E-state index in [9.17, 15) is 13.2 Å². The van der Waals surface area contributed by atoms with E-state index in [0.717, 1.165) is 49.7 Å². The summed E-state index contributed by atoms with van der Waals surface area (Å²) in [5.74, 6) is 3.28. The lowest BCUT2D eigenvalue weighted by molar-refractivity contribution is -0.00959. The molecule has 8 saturated carbocycles. The smallest absolute Gasteiger partial charge is 0.213 e. The molecule has 12 rings (SSSR count). The maximum absolute atomic E-state index is 15.0. The molecule has 6 nitrogen and oxygen atoms in total. The molecular weight excluding hydrogens is 675 g/mol. The van der Waals surface area contributed by atoms with E-state index in [1.807, 2.05) is 0 Å². The molecular formula is C44H46F3N3O3. The average Bonchev–Trinajstić information content (AvgIpc) is 3.09. The van der Waals surface area contributed by atoms with Crippen molar-refractivity contribution in [1.29, 1.82) is 0 Å². The van der Waals surface area contributed by atoms with Gasteiger partial charge in [-0.15, -0.1) is 0 Å². The average molecular weight is 722 g/mol. The highest BCUT2D eigenvalue weighted by Crippen LogP contribution is 2.68. The summed E-state index contributed by atoms with van der Waals surface area (Å²) in [5, 5.41) is 0. The van der Waals surface area contributed by atoms with Crippen molar-refractivity contribution in [1.82, 2.24) is 0 Å². The lowest BCUT2D eigenvalue weighted by Crippen LogP contribution is -2.50. The molecule has 9 heteroatoms. The van der Waals surface area contributed by atoms with Crippen LogP contribution in [-0.4, -0.2) is 0 Å². The largest absolute Gasteiger partial charge is 0.451 e. The predicted octanol–water partition coefficient (Wildman–Crippen LogP) is 11.2. The Morgan fingerprint density at radius 1 is 0.415 bits per heavy atom. The van der Waals surface area contributed by atoms with Gasteiger partial charge in [-0.2, -0.15) is 0 Å². The standard InChI is InChI=1S/C44H46F3N3O3/c45-29-1-4-34(48)37(13-29)51-40-32(43-17-23-7-24(18-43)9-25(8-23)19-43)16-33(44-20-26-10-27(21-44)12-28(11-26)22-44)41(52-38-14-30(46)2-5-35(38)49)42(40)53-39-15-31(47)3-6-36(39)50/h1-6,13-16,23-28H,7-12,17-22,48-50H2. The fourth-order valence-electron chi connectivity index (χ4n) is 12.7. The van der Waals surface area contributed by atoms with Gasteiger partial charge in [-0.3, -0.25) is 0 Å². The van der Waals surface area contributed by atoms with Gasteiger partial charge in [0.25, 0.3) is 0 Å². The normalized spacial score (nSPS) is 31.9. The van der Waals surface area contributed by atoms with Gasteiger partial charge in [0, 0.05) is 29.3 Å². The van der Waals surface area contributed by atoms with Gasteiger partial charge < -0.3 is 31.4 Å². The Morgan fingerprint density at radius 2 is 0.698 bits per heavy atom. The zero-order valence-corrected chi connectivity index (χ0v) is 29.8. The molecule has 0 aromatic heterocycles. The molecule has 8 aliphatic rings. The summed E-state index contributed by atoms with van der Waals surface area (Å²) in [4.78, 5) is 0. The number of hydrogen-bond acceptors (Lipinski definition) is 6. The van der Waals surface area contributed by atoms with Crippen LogP contribution in [0.15, 0.2) is 60.7 Å². The molecule has 4 aromatic carbocycles. The summed E-state index contributed by atoms with van der Waals surface area (Å²) in [5.41, 5.74) is 21.7. The third-order valence-electron chi connectivity index (χ3n) is 14.0. The molecule has 0 atom stereocenters. The molecule has 0 unspecified atom stereocenters. The molecule has 8 fully saturated rings. The van der Waals surface area contributed by atoms with E-state index in [2.05, 4.69) is 6.07 Å². The minimum atomic E-state index is -0.526. The number of rotatable bonds is 8. The Bertz CT molecular complexity index is 1940. The second-order valence-corrected chi connectivity index (χ2v) is 17.7. The topological polar surface area (TPSA) is 106 Å². The summed E-state index contributed by atoms with van der Waals surface area (Å²) < 4.78 is 65.5. The lowest BCUT2D eigenvalue weighted by atomic mass is 9.46. The Labute approximate surface area is 308 Å². The van der Waals surface area contributed by atoms with Crippen LogP contribution in [0.5, 0.6) is 34.5 Å². The van der Waals surface area contributed by atoms with Gasteiger partial charge >= 0.3 is 0 Å². The van der Waals surface area contributed by atoms with Crippen molar-refractivity contribution < 1.29 is 27.4 Å². The second kappa shape index (κ2) is 12.0. The molecule has 0 aliphatic heterocycles. The van der Waals surface area contributed by atoms with E-state index in [-0.39, 0.29) is 50.9 Å². The number of anilines is 3. The summed E-state index contributed by atoms with van der Waals surface area (Å²) >= 11 is 0. The highest BCUT2D eigenvalue weighted by molar-refractivity contribution is 5.70. The maximum atomic E-state index is 15.0. The van der Waals surface area contributed by atoms with E-state index < -0.39 is 17.5 Å². The third-order valence-corrected chi connectivity index (χ3v) is 14.0. The molecule has 0 radical (unpaired) electrons. The predicted molar refractivity (Wildman–Crippen MR) is 199 cm³/mol. The van der Waals surface area contributed by atoms with Crippen LogP contribution in [0.2, 0.25) is 0 Å². The van der Waals surface area contributed by atoms with Gasteiger partial charge in [0.15, 0.2) is 28.7 Å². The second-order valence-electron chi connectivity index (χ2n) is 17.7. The minimum Gasteiger partial charge on any atom is -0.451 e. The van der Waals surface area contributed by atoms with Crippen LogP contribution in [-0.2, 0) is 10.8 Å². The van der Waals surface area contributed by atoms with Crippen molar-refractivity contribution in [3.05, 3.63) is 89.2 Å². The van der Waals surface area contributed by atoms with E-state index in [1.165, 1.54) is 93.1 Å². The molecule has 4 aromatic rings. The van der Waals surface area contributed by atoms with E-state index >= 15 is 0 Å². The van der Waals surface area contributed by atoms with Crippen molar-refractivity contribution in [2.75, 3.05) is 17.2 Å². The Balaban J connectivity index is 1.28. The molecule has 8 aliphatic carbocycles. The summed E-state index contributed by atoms with van der Waals surface area (Å²) in [6.45, 7) is 0. The van der Waals surface area contributed by atoms with Crippen LogP contribution in [0.1, 0.15) is 88.2 Å². The Kier molecular flexibility index (Phi) is 7.48. The van der Waals surface area contributed by atoms with Crippen LogP contribution >= 0.6 is 0 Å². The number of ether oxygens (including phenoxy) is 3. The van der Waals surface area contributed by atoms with Crippen molar-refractivity contribution in [3.63, 3.8) is 0 Å². The summed E-state index contributed by atoms with van der Waals surface area (Å²) in [6.07, 6.45) is 13.4. The van der Waals surface area contributed by atoms with Crippen molar-refractivity contribution in [2.24, 2.45) is 35.5 Å². The maximum Gasteiger partial charge on any atom is 0.213 e. The monoisotopic (exact) mass is 721 g/mol. The van der Waals surface area contributed by atoms with Crippen molar-refractivity contribution in [2.45, 2.75) is 87.9 Å². The Morgan fingerprint density at radius 3 is 1.00 bits per heavy atom. The first-order valence-corrected chi connectivity index (χ1v) is 19.4. The molecule has 6 N–H and O–H groups in total. The molecule has 276 valence electrons. The van der Waals surface area contributed by atoms with Crippen LogP contribution in [0.25, 0.3) is 0 Å². The van der Waals surface area contributed by atoms with Gasteiger partial charge in [-0.1, -0.05) is 0 Å². The first-order chi connectivity index (χ1) is 25.5. The van der Waals surface area contributed by atoms with Gasteiger partial charge in [-0.25, -0.2) is 13.2 Å². The van der Waals surface area contributed by atoms with Crippen molar-refractivity contribution >= 4 is 17.1 Å². The van der Waals surface area contributed by atoms with Crippen LogP contribution < -0.4 is 31.4 Å². The van der Waals surface area contributed by atoms with E-state index in [0.29, 0.717) is 47.0 Å². The highest BCUT2D eigenvalue weighted by atomic mass is 19.1. The number of halogens is 3. The molecule has 0 saturated heterocycles. The van der Waals surface area contributed by atoms with Crippen LogP contribution in [0.4, 0.5) is 30.2 Å². The lowest BCUT2D eigenvalue weighted by Gasteiger charge is -2.59. The number of nitrogens with two attached hydrogens (primary N) is 3. The van der Waals surface area contributed by atoms with E-state index in [1.54, 1.807) is 0 Å². The number of nitrogen functional groups attached to an aromatic ring is 3. The zero-order chi connectivity index (χ0) is 36.2. The zero-order valence-electron chi connectivity index (χ0n) is 29.8. The van der Waals surface area contributed by atoms with E-state index in [4.69, 9.17) is 31.4 Å². The van der Waals surface area contributed by atoms with Gasteiger partial charge in [0.05, 0.1) is 17.1 Å². The van der Waals surface area contributed by atoms with Crippen LogP contribution in [0.3, 0.4) is 0 Å². The fraction of sp³-hybridized carbons (Fsp3) is 0.455. The van der Waals surface area contributed by atoms with Gasteiger partial charge in [-0.05, 0) is 166 Å². The first kappa shape index (κ1) is 33.1. The van der Waals surface area contributed by atoms with Gasteiger partial charge in [0.1, 0.15) is 17.5 Å². The molecule has 53 heavy (non-hydrogen) atoms. The number of hydrogen-bond donors (Lipinski definition) is 3. The van der Waals surface area contributed by atoms with Crippen molar-refractivity contribution in [3.8, 4) is 34.5 Å². The molecule has 0 spiro atoms. The molecule has 0 amide bonds. The Hall–Kier alpha value is -4.53. The highest BCUT2D eigenvalue weighted by Gasteiger charge is 2.56. The quantitative estimate of drug-likeness (QED) is 0.156. The summed E-state index contributed by atoms with van der Waals surface area (Å²) in [7, 11) is 0. The number of benzene rings is 4.